The number of alkyl halides is 6. The fourth-order valence-electron chi connectivity index (χ4n) is 1.11. The summed E-state index contributed by atoms with van der Waals surface area (Å²) in [6.07, 6.45) is -10.9. The molecular weight excluding hydrogens is 283 g/mol. The van der Waals surface area contributed by atoms with E-state index in [-0.39, 0.29) is 0 Å². The van der Waals surface area contributed by atoms with Gasteiger partial charge >= 0.3 is 5.97 Å². The van der Waals surface area contributed by atoms with E-state index in [9.17, 15) is 26.7 Å². The van der Waals surface area contributed by atoms with E-state index in [1.165, 1.54) is 20.8 Å². The molecule has 0 aliphatic rings. The maximum atomic E-state index is 13.3. The lowest BCUT2D eigenvalue weighted by Crippen LogP contribution is -2.53. The second kappa shape index (κ2) is 6.04. The average molecular weight is 297 g/mol. The Kier molecular flexibility index (Phi) is 5.84. The first-order valence-corrected chi connectivity index (χ1v) is 5.52. The number of ether oxygens (including phenoxy) is 1. The van der Waals surface area contributed by atoms with Crippen molar-refractivity contribution in [3.05, 3.63) is 0 Å². The Morgan fingerprint density at radius 2 is 1.61 bits per heavy atom. The van der Waals surface area contributed by atoms with Crippen molar-refractivity contribution in [2.75, 3.05) is 5.88 Å². The molecule has 18 heavy (non-hydrogen) atoms. The van der Waals surface area contributed by atoms with Crippen LogP contribution < -0.4 is 0 Å². The minimum atomic E-state index is -3.76. The Morgan fingerprint density at radius 3 is 1.83 bits per heavy atom. The SMILES string of the molecule is CC(C)(C)OC(=O)C(CCl)(C(F)F)C(F)C(F)F. The predicted octanol–water partition coefficient (Wildman–Crippen LogP) is 3.42. The number of rotatable bonds is 5. The van der Waals surface area contributed by atoms with E-state index >= 15 is 0 Å². The van der Waals surface area contributed by atoms with E-state index in [1.54, 1.807) is 0 Å². The molecule has 0 N–H and O–H groups in total. The van der Waals surface area contributed by atoms with Crippen molar-refractivity contribution in [2.24, 2.45) is 5.41 Å². The largest absolute Gasteiger partial charge is 0.459 e. The first-order chi connectivity index (χ1) is 7.99. The van der Waals surface area contributed by atoms with Crippen LogP contribution in [-0.2, 0) is 9.53 Å². The van der Waals surface area contributed by atoms with Crippen molar-refractivity contribution in [3.8, 4) is 0 Å². The van der Waals surface area contributed by atoms with E-state index in [1.807, 2.05) is 0 Å². The van der Waals surface area contributed by atoms with Crippen molar-refractivity contribution in [1.82, 2.24) is 0 Å². The highest BCUT2D eigenvalue weighted by Crippen LogP contribution is 2.39. The number of carbonyl (C=O) groups excluding carboxylic acids is 1. The average Bonchev–Trinajstić information content (AvgIpc) is 2.15. The van der Waals surface area contributed by atoms with E-state index in [2.05, 4.69) is 4.74 Å². The van der Waals surface area contributed by atoms with Gasteiger partial charge in [0.1, 0.15) is 5.60 Å². The number of carbonyl (C=O) groups is 1. The van der Waals surface area contributed by atoms with Gasteiger partial charge in [0.2, 0.25) is 0 Å². The zero-order valence-corrected chi connectivity index (χ0v) is 10.8. The summed E-state index contributed by atoms with van der Waals surface area (Å²) in [5.41, 5.74) is -4.58. The van der Waals surface area contributed by atoms with E-state index < -0.39 is 41.9 Å². The summed E-state index contributed by atoms with van der Waals surface area (Å²) >= 11 is 5.13. The number of esters is 1. The quantitative estimate of drug-likeness (QED) is 0.441. The maximum Gasteiger partial charge on any atom is 0.322 e. The molecule has 0 aliphatic carbocycles. The highest BCUT2D eigenvalue weighted by molar-refractivity contribution is 6.20. The molecule has 0 radical (unpaired) electrons. The first kappa shape index (κ1) is 17.4. The number of hydrogen-bond donors (Lipinski definition) is 0. The lowest BCUT2D eigenvalue weighted by molar-refractivity contribution is -0.189. The highest BCUT2D eigenvalue weighted by atomic mass is 35.5. The maximum absolute atomic E-state index is 13.3. The van der Waals surface area contributed by atoms with Gasteiger partial charge in [-0.25, -0.2) is 22.0 Å². The summed E-state index contributed by atoms with van der Waals surface area (Å²) < 4.78 is 68.1. The monoisotopic (exact) mass is 296 g/mol. The third-order valence-corrected chi connectivity index (χ3v) is 2.55. The molecule has 0 spiro atoms. The van der Waals surface area contributed by atoms with Gasteiger partial charge in [-0.05, 0) is 20.8 Å². The fraction of sp³-hybridized carbons (Fsp3) is 0.900. The van der Waals surface area contributed by atoms with Crippen molar-refractivity contribution in [3.63, 3.8) is 0 Å². The van der Waals surface area contributed by atoms with Gasteiger partial charge in [-0.2, -0.15) is 0 Å². The molecule has 8 heteroatoms. The van der Waals surface area contributed by atoms with Gasteiger partial charge in [-0.3, -0.25) is 4.79 Å². The highest BCUT2D eigenvalue weighted by Gasteiger charge is 2.59. The Morgan fingerprint density at radius 1 is 1.17 bits per heavy atom. The van der Waals surface area contributed by atoms with E-state index in [4.69, 9.17) is 11.6 Å². The van der Waals surface area contributed by atoms with Crippen LogP contribution in [0.25, 0.3) is 0 Å². The smallest absolute Gasteiger partial charge is 0.322 e. The van der Waals surface area contributed by atoms with Crippen LogP contribution in [0.1, 0.15) is 20.8 Å². The van der Waals surface area contributed by atoms with Gasteiger partial charge in [0.25, 0.3) is 12.9 Å². The van der Waals surface area contributed by atoms with Crippen molar-refractivity contribution in [1.29, 1.82) is 0 Å². The van der Waals surface area contributed by atoms with Crippen LogP contribution >= 0.6 is 11.6 Å². The van der Waals surface area contributed by atoms with Gasteiger partial charge < -0.3 is 4.74 Å². The summed E-state index contributed by atoms with van der Waals surface area (Å²) in [7, 11) is 0. The molecule has 0 saturated carbocycles. The van der Waals surface area contributed by atoms with Crippen molar-refractivity contribution in [2.45, 2.75) is 45.4 Å². The van der Waals surface area contributed by atoms with Gasteiger partial charge in [0.15, 0.2) is 11.6 Å². The third kappa shape index (κ3) is 3.70. The Bertz CT molecular complexity index is 292. The first-order valence-electron chi connectivity index (χ1n) is 4.98. The van der Waals surface area contributed by atoms with Crippen molar-refractivity contribution >= 4 is 17.6 Å². The van der Waals surface area contributed by atoms with Gasteiger partial charge in [-0.1, -0.05) is 0 Å². The van der Waals surface area contributed by atoms with Crippen LogP contribution in [0.4, 0.5) is 22.0 Å². The lowest BCUT2D eigenvalue weighted by Gasteiger charge is -2.34. The molecule has 108 valence electrons. The van der Waals surface area contributed by atoms with Crippen LogP contribution in [0.15, 0.2) is 0 Å². The predicted molar refractivity (Wildman–Crippen MR) is 55.9 cm³/mol. The standard InChI is InChI=1S/C10H14ClF5O2/c1-9(2,3)18-8(17)10(4-11,7(15)16)5(12)6(13)14/h5-7H,4H2,1-3H3. The molecule has 0 aliphatic heterocycles. The molecule has 0 saturated heterocycles. The van der Waals surface area contributed by atoms with Gasteiger partial charge in [0.05, 0.1) is 0 Å². The van der Waals surface area contributed by atoms with E-state index in [0.29, 0.717) is 0 Å². The van der Waals surface area contributed by atoms with Gasteiger partial charge in [-0.15, -0.1) is 11.6 Å². The second-order valence-electron chi connectivity index (χ2n) is 4.71. The molecule has 0 amide bonds. The number of hydrogen-bond acceptors (Lipinski definition) is 2. The summed E-state index contributed by atoms with van der Waals surface area (Å²) in [4.78, 5) is 11.5. The third-order valence-electron chi connectivity index (χ3n) is 2.10. The minimum absolute atomic E-state index is 1.22. The molecule has 0 aromatic heterocycles. The summed E-state index contributed by atoms with van der Waals surface area (Å²) in [5.74, 6) is -3.07. The normalized spacial score (nSPS) is 17.7. The Hall–Kier alpha value is -0.590. The zero-order chi connectivity index (χ0) is 14.7. The van der Waals surface area contributed by atoms with Crippen LogP contribution in [0.5, 0.6) is 0 Å². The second-order valence-corrected chi connectivity index (χ2v) is 4.98. The summed E-state index contributed by atoms with van der Waals surface area (Å²) in [5, 5.41) is 0. The molecule has 2 nitrogen and oxygen atoms in total. The summed E-state index contributed by atoms with van der Waals surface area (Å²) in [6.45, 7) is 4.01. The van der Waals surface area contributed by atoms with Crippen LogP contribution in [-0.4, -0.2) is 36.5 Å². The molecule has 2 atom stereocenters. The molecule has 0 aromatic carbocycles. The van der Waals surface area contributed by atoms with E-state index in [0.717, 1.165) is 0 Å². The topological polar surface area (TPSA) is 26.3 Å². The Labute approximate surface area is 106 Å². The minimum Gasteiger partial charge on any atom is -0.459 e. The fourth-order valence-corrected chi connectivity index (χ4v) is 1.48. The molecule has 0 aromatic rings. The van der Waals surface area contributed by atoms with Crippen LogP contribution in [0.3, 0.4) is 0 Å². The number of halogens is 6. The zero-order valence-electron chi connectivity index (χ0n) is 10.0. The summed E-state index contributed by atoms with van der Waals surface area (Å²) in [6, 6.07) is 0. The molecule has 0 rings (SSSR count). The lowest BCUT2D eigenvalue weighted by atomic mass is 9.85. The molecular formula is C10H14ClF5O2. The molecule has 2 unspecified atom stereocenters. The molecule has 0 fully saturated rings. The molecule has 0 heterocycles. The van der Waals surface area contributed by atoms with Crippen LogP contribution in [0.2, 0.25) is 0 Å². The van der Waals surface area contributed by atoms with Gasteiger partial charge in [0, 0.05) is 5.88 Å². The van der Waals surface area contributed by atoms with Crippen LogP contribution in [0, 0.1) is 5.41 Å². The Balaban J connectivity index is 5.40. The molecule has 0 bridgehead atoms. The van der Waals surface area contributed by atoms with Crippen molar-refractivity contribution < 1.29 is 31.5 Å².